The summed E-state index contributed by atoms with van der Waals surface area (Å²) < 4.78 is 45.7. The Hall–Kier alpha value is -1.51. The normalized spacial score (nSPS) is 11.4. The molecule has 0 aliphatic carbocycles. The molecule has 0 saturated heterocycles. The fraction of sp³-hybridized carbons (Fsp3) is 0.462. The molecule has 0 aromatic heterocycles. The number of rotatable bonds is 8. The third-order valence-electron chi connectivity index (χ3n) is 2.54. The molecule has 1 aromatic carbocycles. The van der Waals surface area contributed by atoms with E-state index in [0.29, 0.717) is 6.61 Å². The lowest BCUT2D eigenvalue weighted by atomic mass is 10.2. The molecule has 0 amide bonds. The van der Waals surface area contributed by atoms with Gasteiger partial charge in [-0.25, -0.2) is 22.7 Å². The Balaban J connectivity index is 2.60. The van der Waals surface area contributed by atoms with Crippen molar-refractivity contribution in [3.63, 3.8) is 0 Å². The van der Waals surface area contributed by atoms with Gasteiger partial charge in [-0.05, 0) is 24.6 Å². The van der Waals surface area contributed by atoms with Crippen molar-refractivity contribution in [2.24, 2.45) is 5.14 Å². The van der Waals surface area contributed by atoms with Gasteiger partial charge in [-0.2, -0.15) is 0 Å². The number of hydrogen-bond donors (Lipinski definition) is 1. The molecule has 0 saturated carbocycles. The van der Waals surface area contributed by atoms with Crippen LogP contribution in [0.1, 0.15) is 30.1 Å². The van der Waals surface area contributed by atoms with Gasteiger partial charge in [0, 0.05) is 6.61 Å². The van der Waals surface area contributed by atoms with E-state index in [0.717, 1.165) is 31.0 Å². The van der Waals surface area contributed by atoms with Crippen molar-refractivity contribution in [2.45, 2.75) is 24.7 Å². The molecule has 8 heteroatoms. The van der Waals surface area contributed by atoms with Crippen LogP contribution in [0.3, 0.4) is 0 Å². The van der Waals surface area contributed by atoms with Crippen LogP contribution in [0.5, 0.6) is 0 Å². The summed E-state index contributed by atoms with van der Waals surface area (Å²) in [5.41, 5.74) is -0.215. The largest absolute Gasteiger partial charge is 0.460 e. The van der Waals surface area contributed by atoms with Crippen LogP contribution in [-0.2, 0) is 19.5 Å². The highest BCUT2D eigenvalue weighted by Crippen LogP contribution is 2.14. The van der Waals surface area contributed by atoms with Crippen LogP contribution in [0, 0.1) is 5.82 Å². The summed E-state index contributed by atoms with van der Waals surface area (Å²) in [6, 6.07) is 2.59. The number of esters is 1. The van der Waals surface area contributed by atoms with Crippen molar-refractivity contribution >= 4 is 16.0 Å². The lowest BCUT2D eigenvalue weighted by molar-refractivity contribution is 0.0313. The van der Waals surface area contributed by atoms with Gasteiger partial charge in [0.2, 0.25) is 10.0 Å². The zero-order valence-corrected chi connectivity index (χ0v) is 12.5. The van der Waals surface area contributed by atoms with Gasteiger partial charge >= 0.3 is 5.97 Å². The number of nitrogens with two attached hydrogens (primary N) is 1. The standard InChI is InChI=1S/C13H18FNO5S/c1-2-3-4-19-5-6-20-13(16)10-7-11(14)9-12(8-10)21(15,17)18/h7-9H,2-6H2,1H3,(H2,15,17,18). The first-order valence-electron chi connectivity index (χ1n) is 6.43. The molecular formula is C13H18FNO5S. The molecule has 118 valence electrons. The lowest BCUT2D eigenvalue weighted by Crippen LogP contribution is -2.15. The molecule has 0 unspecified atom stereocenters. The average Bonchev–Trinajstić information content (AvgIpc) is 2.40. The number of primary sulfonamides is 1. The molecule has 0 fully saturated rings. The summed E-state index contributed by atoms with van der Waals surface area (Å²) in [5.74, 6) is -1.72. The quantitative estimate of drug-likeness (QED) is 0.578. The van der Waals surface area contributed by atoms with Crippen LogP contribution in [-0.4, -0.2) is 34.2 Å². The number of benzene rings is 1. The second-order valence-electron chi connectivity index (χ2n) is 4.32. The highest BCUT2D eigenvalue weighted by atomic mass is 32.2. The van der Waals surface area contributed by atoms with Crippen molar-refractivity contribution in [1.29, 1.82) is 0 Å². The van der Waals surface area contributed by atoms with E-state index in [1.54, 1.807) is 0 Å². The van der Waals surface area contributed by atoms with Crippen LogP contribution in [0.2, 0.25) is 0 Å². The number of ether oxygens (including phenoxy) is 2. The van der Waals surface area contributed by atoms with Gasteiger partial charge in [0.05, 0.1) is 17.1 Å². The Labute approximate surface area is 123 Å². The van der Waals surface area contributed by atoms with Gasteiger partial charge in [-0.1, -0.05) is 13.3 Å². The number of sulfonamides is 1. The Kier molecular flexibility index (Phi) is 6.73. The van der Waals surface area contributed by atoms with Gasteiger partial charge < -0.3 is 9.47 Å². The van der Waals surface area contributed by atoms with Crippen molar-refractivity contribution < 1.29 is 27.1 Å². The molecule has 1 rings (SSSR count). The molecule has 0 aliphatic rings. The van der Waals surface area contributed by atoms with Crippen molar-refractivity contribution in [1.82, 2.24) is 0 Å². The molecule has 21 heavy (non-hydrogen) atoms. The van der Waals surface area contributed by atoms with E-state index in [1.165, 1.54) is 0 Å². The molecule has 0 atom stereocenters. The minimum absolute atomic E-state index is 0.00374. The van der Waals surface area contributed by atoms with Crippen LogP contribution in [0.4, 0.5) is 4.39 Å². The molecule has 6 nitrogen and oxygen atoms in total. The van der Waals surface area contributed by atoms with Gasteiger partial charge in [-0.15, -0.1) is 0 Å². The van der Waals surface area contributed by atoms with E-state index in [-0.39, 0.29) is 18.8 Å². The average molecular weight is 319 g/mol. The summed E-state index contributed by atoms with van der Waals surface area (Å²) in [7, 11) is -4.09. The van der Waals surface area contributed by atoms with E-state index in [2.05, 4.69) is 0 Å². The summed E-state index contributed by atoms with van der Waals surface area (Å²) >= 11 is 0. The summed E-state index contributed by atoms with van der Waals surface area (Å²) in [5, 5.41) is 4.90. The van der Waals surface area contributed by atoms with E-state index in [4.69, 9.17) is 14.6 Å². The van der Waals surface area contributed by atoms with Gasteiger partial charge in [0.25, 0.3) is 0 Å². The first kappa shape index (κ1) is 17.5. The molecule has 2 N–H and O–H groups in total. The van der Waals surface area contributed by atoms with Crippen LogP contribution in [0.25, 0.3) is 0 Å². The number of carbonyl (C=O) groups is 1. The predicted octanol–water partition coefficient (Wildman–Crippen LogP) is 1.45. The zero-order valence-electron chi connectivity index (χ0n) is 11.7. The van der Waals surface area contributed by atoms with E-state index in [1.807, 2.05) is 6.92 Å². The summed E-state index contributed by atoms with van der Waals surface area (Å²) in [4.78, 5) is 11.2. The predicted molar refractivity (Wildman–Crippen MR) is 73.8 cm³/mol. The number of carbonyl (C=O) groups excluding carboxylic acids is 1. The highest BCUT2D eigenvalue weighted by Gasteiger charge is 2.15. The maximum Gasteiger partial charge on any atom is 0.338 e. The van der Waals surface area contributed by atoms with Crippen molar-refractivity contribution in [3.8, 4) is 0 Å². The zero-order chi connectivity index (χ0) is 15.9. The van der Waals surface area contributed by atoms with E-state index < -0.39 is 26.7 Å². The third-order valence-corrected chi connectivity index (χ3v) is 3.43. The topological polar surface area (TPSA) is 95.7 Å². The van der Waals surface area contributed by atoms with Gasteiger partial charge in [0.15, 0.2) is 0 Å². The molecule has 1 aromatic rings. The van der Waals surface area contributed by atoms with E-state index >= 15 is 0 Å². The minimum atomic E-state index is -4.09. The third kappa shape index (κ3) is 6.19. The Bertz CT molecular complexity index is 588. The lowest BCUT2D eigenvalue weighted by Gasteiger charge is -2.07. The van der Waals surface area contributed by atoms with Crippen molar-refractivity contribution in [2.75, 3.05) is 19.8 Å². The fourth-order valence-corrected chi connectivity index (χ4v) is 2.04. The van der Waals surface area contributed by atoms with Crippen molar-refractivity contribution in [3.05, 3.63) is 29.6 Å². The summed E-state index contributed by atoms with van der Waals surface area (Å²) in [6.07, 6.45) is 1.91. The smallest absolute Gasteiger partial charge is 0.338 e. The maximum absolute atomic E-state index is 13.3. The first-order valence-corrected chi connectivity index (χ1v) is 7.97. The number of unbranched alkanes of at least 4 members (excludes halogenated alkanes) is 1. The Morgan fingerprint density at radius 3 is 2.57 bits per heavy atom. The molecule has 0 aliphatic heterocycles. The van der Waals surface area contributed by atoms with Crippen LogP contribution in [0.15, 0.2) is 23.1 Å². The van der Waals surface area contributed by atoms with Gasteiger partial charge in [-0.3, -0.25) is 0 Å². The molecule has 0 radical (unpaired) electrons. The van der Waals surface area contributed by atoms with E-state index in [9.17, 15) is 17.6 Å². The summed E-state index contributed by atoms with van der Waals surface area (Å²) in [6.45, 7) is 2.83. The highest BCUT2D eigenvalue weighted by molar-refractivity contribution is 7.89. The second kappa shape index (κ2) is 8.06. The fourth-order valence-electron chi connectivity index (χ4n) is 1.47. The minimum Gasteiger partial charge on any atom is -0.460 e. The molecule has 0 bridgehead atoms. The molecular weight excluding hydrogens is 301 g/mol. The maximum atomic E-state index is 13.3. The first-order chi connectivity index (χ1) is 9.84. The molecule has 0 spiro atoms. The second-order valence-corrected chi connectivity index (χ2v) is 5.88. The monoisotopic (exact) mass is 319 g/mol. The Morgan fingerprint density at radius 2 is 1.95 bits per heavy atom. The Morgan fingerprint density at radius 1 is 1.24 bits per heavy atom. The SMILES string of the molecule is CCCCOCCOC(=O)c1cc(F)cc(S(N)(=O)=O)c1. The van der Waals surface area contributed by atoms with Crippen LogP contribution >= 0.6 is 0 Å². The number of hydrogen-bond acceptors (Lipinski definition) is 5. The number of halogens is 1. The van der Waals surface area contributed by atoms with Crippen LogP contribution < -0.4 is 5.14 Å². The van der Waals surface area contributed by atoms with Gasteiger partial charge in [0.1, 0.15) is 12.4 Å². The molecule has 0 heterocycles.